The molecule has 0 saturated carbocycles. The Morgan fingerprint density at radius 1 is 0.759 bits per heavy atom. The molecule has 15 nitrogen and oxygen atoms in total. The third kappa shape index (κ3) is 14.2. The van der Waals surface area contributed by atoms with Crippen LogP contribution >= 0.6 is 0 Å². The SMILES string of the molecule is CNCCC[C@@H](CNC(=O)C[C@H](CCCNC)NC(=O)[C@@H]1Cc2cc(ccc2O)-c2ccc(O)c(c2)C[C@H](NC)C(=O)N[C@@H](CCCNC)C(=O)N1)NC. The first kappa shape index (κ1) is 44.1. The first-order chi connectivity index (χ1) is 26.0. The summed E-state index contributed by atoms with van der Waals surface area (Å²) < 4.78 is 0. The minimum atomic E-state index is -1.15. The second-order valence-corrected chi connectivity index (χ2v) is 14.0. The number of rotatable bonds is 20. The van der Waals surface area contributed by atoms with Gasteiger partial charge in [0.15, 0.2) is 0 Å². The minimum absolute atomic E-state index is 0.0273. The highest BCUT2D eigenvalue weighted by molar-refractivity contribution is 5.93. The van der Waals surface area contributed by atoms with Crippen molar-refractivity contribution in [3.63, 3.8) is 0 Å². The van der Waals surface area contributed by atoms with Crippen LogP contribution in [-0.2, 0) is 32.0 Å². The summed E-state index contributed by atoms with van der Waals surface area (Å²) in [6, 6.07) is 6.79. The maximum Gasteiger partial charge on any atom is 0.243 e. The van der Waals surface area contributed by atoms with Gasteiger partial charge in [0.2, 0.25) is 23.6 Å². The molecular weight excluding hydrogens is 690 g/mol. The van der Waals surface area contributed by atoms with E-state index in [0.717, 1.165) is 24.9 Å². The Morgan fingerprint density at radius 2 is 1.33 bits per heavy atom. The van der Waals surface area contributed by atoms with Crippen LogP contribution in [0.4, 0.5) is 0 Å². The Balaban J connectivity index is 1.96. The zero-order valence-electron chi connectivity index (χ0n) is 32.6. The van der Waals surface area contributed by atoms with E-state index in [4.69, 9.17) is 0 Å². The van der Waals surface area contributed by atoms with E-state index in [2.05, 4.69) is 47.9 Å². The van der Waals surface area contributed by atoms with E-state index in [-0.39, 0.29) is 42.7 Å². The molecule has 0 spiro atoms. The largest absolute Gasteiger partial charge is 0.508 e. The molecule has 4 amide bonds. The lowest BCUT2D eigenvalue weighted by molar-refractivity contribution is -0.133. The smallest absolute Gasteiger partial charge is 0.243 e. The number of amides is 4. The van der Waals surface area contributed by atoms with E-state index >= 15 is 0 Å². The van der Waals surface area contributed by atoms with Crippen LogP contribution in [0.15, 0.2) is 36.4 Å². The molecule has 15 heteroatoms. The minimum Gasteiger partial charge on any atom is -0.508 e. The quantitative estimate of drug-likeness (QED) is 0.0810. The van der Waals surface area contributed by atoms with Crippen LogP contribution in [-0.4, -0.2) is 125 Å². The molecule has 1 aliphatic rings. The van der Waals surface area contributed by atoms with Crippen molar-refractivity contribution >= 4 is 23.6 Å². The zero-order chi connectivity index (χ0) is 39.5. The average Bonchev–Trinajstić information content (AvgIpc) is 3.15. The van der Waals surface area contributed by atoms with Crippen LogP contribution in [0.1, 0.15) is 56.1 Å². The van der Waals surface area contributed by atoms with Gasteiger partial charge in [-0.15, -0.1) is 0 Å². The van der Waals surface area contributed by atoms with E-state index in [0.29, 0.717) is 62.0 Å². The maximum absolute atomic E-state index is 14.2. The Labute approximate surface area is 320 Å². The molecule has 5 atom stereocenters. The number of aromatic hydroxyl groups is 2. The van der Waals surface area contributed by atoms with Gasteiger partial charge in [-0.2, -0.15) is 0 Å². The summed E-state index contributed by atoms with van der Waals surface area (Å²) in [6.45, 7) is 2.61. The molecule has 3 rings (SSSR count). The van der Waals surface area contributed by atoms with Gasteiger partial charge in [0.05, 0.1) is 6.04 Å². The molecule has 1 heterocycles. The Morgan fingerprint density at radius 3 is 1.91 bits per heavy atom. The number of carbonyl (C=O) groups excluding carboxylic acids is 4. The predicted molar refractivity (Wildman–Crippen MR) is 211 cm³/mol. The summed E-state index contributed by atoms with van der Waals surface area (Å²) in [7, 11) is 9.04. The van der Waals surface area contributed by atoms with Crippen molar-refractivity contribution in [3.05, 3.63) is 47.5 Å². The molecule has 0 saturated heterocycles. The van der Waals surface area contributed by atoms with Crippen LogP contribution in [0.2, 0.25) is 0 Å². The van der Waals surface area contributed by atoms with Gasteiger partial charge in [0, 0.05) is 37.9 Å². The number of phenols is 2. The summed E-state index contributed by atoms with van der Waals surface area (Å²) >= 11 is 0. The van der Waals surface area contributed by atoms with Crippen LogP contribution in [0.25, 0.3) is 11.1 Å². The third-order valence-electron chi connectivity index (χ3n) is 9.88. The molecule has 0 fully saturated rings. The third-order valence-corrected chi connectivity index (χ3v) is 9.88. The molecule has 0 unspecified atom stereocenters. The molecule has 4 bridgehead atoms. The molecule has 0 radical (unpaired) electrons. The zero-order valence-corrected chi connectivity index (χ0v) is 32.6. The summed E-state index contributed by atoms with van der Waals surface area (Å²) in [5.41, 5.74) is 2.40. The van der Waals surface area contributed by atoms with Crippen LogP contribution in [0.5, 0.6) is 11.5 Å². The van der Waals surface area contributed by atoms with Gasteiger partial charge >= 0.3 is 0 Å². The fourth-order valence-electron chi connectivity index (χ4n) is 6.59. The Kier molecular flexibility index (Phi) is 19.2. The molecule has 1 aliphatic heterocycles. The highest BCUT2D eigenvalue weighted by Gasteiger charge is 2.31. The second kappa shape index (κ2) is 23.5. The van der Waals surface area contributed by atoms with Crippen molar-refractivity contribution in [2.24, 2.45) is 0 Å². The number of benzene rings is 2. The summed E-state index contributed by atoms with van der Waals surface area (Å²) in [5.74, 6) is -1.72. The van der Waals surface area contributed by atoms with E-state index < -0.39 is 41.9 Å². The molecule has 2 aromatic rings. The van der Waals surface area contributed by atoms with Gasteiger partial charge in [0.25, 0.3) is 0 Å². The highest BCUT2D eigenvalue weighted by atomic mass is 16.3. The number of phenolic OH excluding ortho intramolecular Hbond substituents is 2. The fraction of sp³-hybridized carbons (Fsp3) is 0.590. The second-order valence-electron chi connectivity index (χ2n) is 14.0. The lowest BCUT2D eigenvalue weighted by Crippen LogP contribution is -2.57. The van der Waals surface area contributed by atoms with Gasteiger partial charge in [-0.05, 0) is 140 Å². The van der Waals surface area contributed by atoms with E-state index in [1.54, 1.807) is 44.4 Å². The monoisotopic (exact) mass is 753 g/mol. The molecule has 11 N–H and O–H groups in total. The first-order valence-corrected chi connectivity index (χ1v) is 19.1. The molecule has 300 valence electrons. The van der Waals surface area contributed by atoms with Crippen molar-refractivity contribution in [1.29, 1.82) is 0 Å². The summed E-state index contributed by atoms with van der Waals surface area (Å²) in [6.07, 6.45) is 4.03. The van der Waals surface area contributed by atoms with E-state index in [1.165, 1.54) is 6.07 Å². The Bertz CT molecular complexity index is 1510. The van der Waals surface area contributed by atoms with Crippen molar-refractivity contribution in [3.8, 4) is 22.6 Å². The standard InChI is InChI=1S/C39H63N9O6/c1-40-16-6-9-29(23-36(51)45-24-30(43-4)10-7-17-41-2)46-39(54)33-22-28-20-26(13-15-35(28)50)25-12-14-34(49)27(19-25)21-32(44-5)38(53)47-31(37(52)48-33)11-8-18-42-3/h12-15,19-20,29-33,40-44,49-50H,6-11,16-18,21-24H2,1-5H3,(H,45,51)(H,46,54)(H,47,53)(H,48,52)/t29-,30-,31-,32-,33-/m0/s1. The number of likely N-dealkylation sites (N-methyl/N-ethyl adjacent to an activating group) is 2. The van der Waals surface area contributed by atoms with Crippen molar-refractivity contribution in [2.45, 2.75) is 88.0 Å². The number of nitrogens with one attached hydrogen (secondary N) is 9. The van der Waals surface area contributed by atoms with E-state index in [9.17, 15) is 29.4 Å². The molecule has 0 aliphatic carbocycles. The van der Waals surface area contributed by atoms with Gasteiger partial charge in [-0.1, -0.05) is 12.1 Å². The van der Waals surface area contributed by atoms with Crippen LogP contribution in [0.3, 0.4) is 0 Å². The van der Waals surface area contributed by atoms with Gasteiger partial charge in [0.1, 0.15) is 23.6 Å². The average molecular weight is 754 g/mol. The van der Waals surface area contributed by atoms with Crippen LogP contribution in [0, 0.1) is 0 Å². The lowest BCUT2D eigenvalue weighted by atomic mass is 9.95. The van der Waals surface area contributed by atoms with Gasteiger partial charge < -0.3 is 58.1 Å². The predicted octanol–water partition coefficient (Wildman–Crippen LogP) is -0.00110. The summed E-state index contributed by atoms with van der Waals surface area (Å²) in [4.78, 5) is 55.1. The molecule has 54 heavy (non-hydrogen) atoms. The number of carbonyl (C=O) groups is 4. The van der Waals surface area contributed by atoms with Crippen molar-refractivity contribution in [2.75, 3.05) is 61.4 Å². The van der Waals surface area contributed by atoms with Crippen LogP contribution < -0.4 is 47.9 Å². The number of hydrogen-bond donors (Lipinski definition) is 11. The normalized spacial score (nSPS) is 18.7. The number of fused-ring (bicyclic) bond motifs is 5. The highest BCUT2D eigenvalue weighted by Crippen LogP contribution is 2.31. The topological polar surface area (TPSA) is 217 Å². The maximum atomic E-state index is 14.2. The fourth-order valence-corrected chi connectivity index (χ4v) is 6.59. The Hall–Kier alpha value is -4.28. The van der Waals surface area contributed by atoms with Gasteiger partial charge in [-0.25, -0.2) is 0 Å². The molecule has 0 aromatic heterocycles. The molecule has 2 aromatic carbocycles. The van der Waals surface area contributed by atoms with Gasteiger partial charge in [-0.3, -0.25) is 19.2 Å². The molecular formula is C39H63N9O6. The number of hydrogen-bond acceptors (Lipinski definition) is 11. The van der Waals surface area contributed by atoms with Crippen molar-refractivity contribution < 1.29 is 29.4 Å². The van der Waals surface area contributed by atoms with E-state index in [1.807, 2.05) is 21.1 Å². The lowest BCUT2D eigenvalue weighted by Gasteiger charge is -2.27. The first-order valence-electron chi connectivity index (χ1n) is 19.1. The van der Waals surface area contributed by atoms with Crippen molar-refractivity contribution in [1.82, 2.24) is 47.9 Å². The summed E-state index contributed by atoms with van der Waals surface area (Å²) in [5, 5.41) is 49.1.